The number of hydrogen-bond donors (Lipinski definition) is 2. The van der Waals surface area contributed by atoms with Gasteiger partial charge in [-0.3, -0.25) is 11.3 Å². The van der Waals surface area contributed by atoms with E-state index >= 15 is 0 Å². The van der Waals surface area contributed by atoms with Crippen LogP contribution in [0.5, 0.6) is 0 Å². The van der Waals surface area contributed by atoms with E-state index in [9.17, 15) is 8.78 Å². The quantitative estimate of drug-likeness (QED) is 0.508. The lowest BCUT2D eigenvalue weighted by atomic mass is 9.97. The van der Waals surface area contributed by atoms with Crippen LogP contribution in [0.1, 0.15) is 31.9 Å². The van der Waals surface area contributed by atoms with Crippen molar-refractivity contribution >= 4 is 15.9 Å². The first-order chi connectivity index (χ1) is 7.47. The normalized spacial score (nSPS) is 13.2. The summed E-state index contributed by atoms with van der Waals surface area (Å²) in [4.78, 5) is 0. The highest BCUT2D eigenvalue weighted by molar-refractivity contribution is 9.10. The van der Waals surface area contributed by atoms with Gasteiger partial charge in [-0.05, 0) is 40.4 Å². The zero-order valence-corrected chi connectivity index (χ0v) is 10.8. The molecule has 90 valence electrons. The van der Waals surface area contributed by atoms with Crippen molar-refractivity contribution in [3.8, 4) is 0 Å². The van der Waals surface area contributed by atoms with Crippen LogP contribution < -0.4 is 11.3 Å². The smallest absolute Gasteiger partial charge is 0.145 e. The van der Waals surface area contributed by atoms with E-state index in [1.165, 1.54) is 12.1 Å². The molecule has 0 aromatic heterocycles. The maximum Gasteiger partial charge on any atom is 0.145 e. The molecule has 0 fully saturated rings. The summed E-state index contributed by atoms with van der Waals surface area (Å²) in [6.07, 6.45) is 0.570. The fourth-order valence-corrected chi connectivity index (χ4v) is 1.95. The van der Waals surface area contributed by atoms with Gasteiger partial charge in [0.2, 0.25) is 0 Å². The van der Waals surface area contributed by atoms with Gasteiger partial charge in [0.25, 0.3) is 0 Å². The van der Waals surface area contributed by atoms with Crippen molar-refractivity contribution in [2.24, 2.45) is 11.8 Å². The molecule has 0 aliphatic heterocycles. The van der Waals surface area contributed by atoms with Gasteiger partial charge in [0.15, 0.2) is 0 Å². The van der Waals surface area contributed by atoms with Crippen LogP contribution in [0.25, 0.3) is 0 Å². The molecule has 0 radical (unpaired) electrons. The third-order valence-corrected chi connectivity index (χ3v) is 2.95. The van der Waals surface area contributed by atoms with Crippen molar-refractivity contribution in [3.63, 3.8) is 0 Å². The van der Waals surface area contributed by atoms with E-state index in [1.807, 2.05) is 13.8 Å². The van der Waals surface area contributed by atoms with Gasteiger partial charge in [-0.15, -0.1) is 0 Å². The number of rotatable bonds is 4. The van der Waals surface area contributed by atoms with Crippen molar-refractivity contribution in [3.05, 3.63) is 33.8 Å². The molecule has 0 bridgehead atoms. The molecule has 1 rings (SSSR count). The van der Waals surface area contributed by atoms with Gasteiger partial charge < -0.3 is 0 Å². The number of benzene rings is 1. The van der Waals surface area contributed by atoms with Crippen molar-refractivity contribution < 1.29 is 8.78 Å². The zero-order chi connectivity index (χ0) is 12.3. The van der Waals surface area contributed by atoms with Crippen LogP contribution in [0.4, 0.5) is 8.78 Å². The summed E-state index contributed by atoms with van der Waals surface area (Å²) in [5.41, 5.74) is 2.45. The summed E-state index contributed by atoms with van der Waals surface area (Å²) in [6, 6.07) is 2.06. The molecule has 3 N–H and O–H groups in total. The number of nitrogens with one attached hydrogen (secondary N) is 1. The first-order valence-corrected chi connectivity index (χ1v) is 5.86. The van der Waals surface area contributed by atoms with Gasteiger partial charge in [0.05, 0.1) is 10.5 Å². The number of halogens is 3. The van der Waals surface area contributed by atoms with E-state index in [2.05, 4.69) is 21.4 Å². The second-order valence-electron chi connectivity index (χ2n) is 4.11. The van der Waals surface area contributed by atoms with Crippen molar-refractivity contribution in [2.75, 3.05) is 0 Å². The summed E-state index contributed by atoms with van der Waals surface area (Å²) in [6.45, 7) is 3.94. The largest absolute Gasteiger partial charge is 0.271 e. The summed E-state index contributed by atoms with van der Waals surface area (Å²) in [5, 5.41) is 0. The van der Waals surface area contributed by atoms with Crippen molar-refractivity contribution in [1.29, 1.82) is 0 Å². The molecular formula is C11H15BrF2N2. The minimum atomic E-state index is -0.594. The lowest BCUT2D eigenvalue weighted by Crippen LogP contribution is -2.30. The predicted molar refractivity (Wildman–Crippen MR) is 63.6 cm³/mol. The van der Waals surface area contributed by atoms with Gasteiger partial charge in [-0.1, -0.05) is 13.8 Å². The fourth-order valence-electron chi connectivity index (χ4n) is 1.60. The van der Waals surface area contributed by atoms with E-state index < -0.39 is 17.7 Å². The molecule has 0 heterocycles. The summed E-state index contributed by atoms with van der Waals surface area (Å²) >= 11 is 3.03. The Balaban J connectivity index is 3.13. The predicted octanol–water partition coefficient (Wildman–Crippen LogP) is 3.28. The third-order valence-electron chi connectivity index (χ3n) is 2.34. The van der Waals surface area contributed by atoms with E-state index in [-0.39, 0.29) is 10.0 Å². The molecule has 16 heavy (non-hydrogen) atoms. The first-order valence-electron chi connectivity index (χ1n) is 5.06. The second kappa shape index (κ2) is 5.70. The molecule has 1 aromatic carbocycles. The Morgan fingerprint density at radius 1 is 1.38 bits per heavy atom. The summed E-state index contributed by atoms with van der Waals surface area (Å²) < 4.78 is 27.6. The van der Waals surface area contributed by atoms with E-state index in [0.717, 1.165) is 0 Å². The highest BCUT2D eigenvalue weighted by Crippen LogP contribution is 2.29. The molecule has 0 amide bonds. The van der Waals surface area contributed by atoms with Crippen LogP contribution in [0.2, 0.25) is 0 Å². The Kier molecular flexibility index (Phi) is 4.83. The molecule has 1 atom stereocenters. The molecule has 0 spiro atoms. The van der Waals surface area contributed by atoms with Gasteiger partial charge in [-0.25, -0.2) is 8.78 Å². The van der Waals surface area contributed by atoms with Crippen LogP contribution in [0.15, 0.2) is 16.6 Å². The molecule has 1 aromatic rings. The average molecular weight is 293 g/mol. The Bertz CT molecular complexity index is 369. The Morgan fingerprint density at radius 2 is 2.00 bits per heavy atom. The molecule has 0 saturated heterocycles. The number of nitrogens with two attached hydrogens (primary N) is 1. The Morgan fingerprint density at radius 3 is 2.50 bits per heavy atom. The minimum absolute atomic E-state index is 0.00873. The lowest BCUT2D eigenvalue weighted by molar-refractivity contribution is 0.404. The molecule has 0 aliphatic rings. The van der Waals surface area contributed by atoms with Crippen LogP contribution >= 0.6 is 15.9 Å². The Labute approximate surface area is 102 Å². The molecule has 1 unspecified atom stereocenters. The summed E-state index contributed by atoms with van der Waals surface area (Å²) in [5.74, 6) is 4.46. The van der Waals surface area contributed by atoms with Gasteiger partial charge >= 0.3 is 0 Å². The third kappa shape index (κ3) is 2.99. The zero-order valence-electron chi connectivity index (χ0n) is 9.23. The number of hydrogen-bond acceptors (Lipinski definition) is 2. The van der Waals surface area contributed by atoms with E-state index in [1.54, 1.807) is 0 Å². The van der Waals surface area contributed by atoms with Crippen LogP contribution in [0, 0.1) is 17.6 Å². The SMILES string of the molecule is CC(C)CC(NN)c1c(F)ccc(Br)c1F. The van der Waals surface area contributed by atoms with Gasteiger partial charge in [0, 0.05) is 5.56 Å². The highest BCUT2D eigenvalue weighted by Gasteiger charge is 2.21. The van der Waals surface area contributed by atoms with E-state index in [0.29, 0.717) is 12.3 Å². The first kappa shape index (κ1) is 13.5. The standard InChI is InChI=1S/C11H15BrF2N2/c1-6(2)5-9(16-15)10-8(13)4-3-7(12)11(10)14/h3-4,6,9,16H,5,15H2,1-2H3. The summed E-state index contributed by atoms with van der Waals surface area (Å²) in [7, 11) is 0. The monoisotopic (exact) mass is 292 g/mol. The lowest BCUT2D eigenvalue weighted by Gasteiger charge is -2.20. The van der Waals surface area contributed by atoms with Crippen LogP contribution in [-0.2, 0) is 0 Å². The van der Waals surface area contributed by atoms with Gasteiger partial charge in [-0.2, -0.15) is 0 Å². The van der Waals surface area contributed by atoms with E-state index in [4.69, 9.17) is 5.84 Å². The maximum atomic E-state index is 13.8. The average Bonchev–Trinajstić information content (AvgIpc) is 2.22. The van der Waals surface area contributed by atoms with Crippen molar-refractivity contribution in [1.82, 2.24) is 5.43 Å². The topological polar surface area (TPSA) is 38.0 Å². The second-order valence-corrected chi connectivity index (χ2v) is 4.96. The van der Waals surface area contributed by atoms with Crippen LogP contribution in [-0.4, -0.2) is 0 Å². The maximum absolute atomic E-state index is 13.8. The fraction of sp³-hybridized carbons (Fsp3) is 0.455. The number of hydrazine groups is 1. The van der Waals surface area contributed by atoms with Crippen LogP contribution in [0.3, 0.4) is 0 Å². The molecule has 0 saturated carbocycles. The highest BCUT2D eigenvalue weighted by atomic mass is 79.9. The molecule has 5 heteroatoms. The molecule has 2 nitrogen and oxygen atoms in total. The van der Waals surface area contributed by atoms with Crippen molar-refractivity contribution in [2.45, 2.75) is 26.3 Å². The Hall–Kier alpha value is -0.520. The molecule has 0 aliphatic carbocycles. The molecular weight excluding hydrogens is 278 g/mol. The van der Waals surface area contributed by atoms with Gasteiger partial charge in [0.1, 0.15) is 11.6 Å². The minimum Gasteiger partial charge on any atom is -0.271 e.